The van der Waals surface area contributed by atoms with Gasteiger partial charge in [-0.25, -0.2) is 0 Å². The molecule has 0 amide bonds. The summed E-state index contributed by atoms with van der Waals surface area (Å²) in [7, 11) is 0. The van der Waals surface area contributed by atoms with Gasteiger partial charge in [0, 0.05) is 18.5 Å². The summed E-state index contributed by atoms with van der Waals surface area (Å²) < 4.78 is 0. The van der Waals surface area contributed by atoms with Crippen LogP contribution < -0.4 is 10.2 Å². The van der Waals surface area contributed by atoms with Crippen LogP contribution in [-0.4, -0.2) is 46.7 Å². The first-order valence-electron chi connectivity index (χ1n) is 3.05. The minimum absolute atomic E-state index is 0. The van der Waals surface area contributed by atoms with Crippen molar-refractivity contribution in [3.05, 3.63) is 0 Å². The number of carboxylic acids is 2. The summed E-state index contributed by atoms with van der Waals surface area (Å²) >= 11 is 0. The Labute approximate surface area is 86.5 Å². The van der Waals surface area contributed by atoms with E-state index < -0.39 is 24.8 Å². The molecule has 5 nitrogen and oxygen atoms in total. The number of rotatable bonds is 3. The van der Waals surface area contributed by atoms with Crippen molar-refractivity contribution in [1.82, 2.24) is 0 Å². The van der Waals surface area contributed by atoms with E-state index in [4.69, 9.17) is 5.11 Å². The topological polar surface area (TPSA) is 100 Å². The van der Waals surface area contributed by atoms with Crippen molar-refractivity contribution in [3.8, 4) is 0 Å². The van der Waals surface area contributed by atoms with Crippen LogP contribution in [0.25, 0.3) is 0 Å². The van der Waals surface area contributed by atoms with E-state index >= 15 is 0 Å². The van der Waals surface area contributed by atoms with Crippen LogP contribution >= 0.6 is 0 Å². The number of aliphatic hydroxyl groups excluding tert-OH is 1. The van der Waals surface area contributed by atoms with Crippen LogP contribution in [0.5, 0.6) is 0 Å². The molecule has 0 aromatic rings. The Morgan fingerprint density at radius 1 is 1.17 bits per heavy atom. The van der Waals surface area contributed by atoms with Crippen LogP contribution in [-0.2, 0) is 9.59 Å². The molecule has 0 aromatic carbocycles. The maximum absolute atomic E-state index is 9.50. The van der Waals surface area contributed by atoms with E-state index in [0.29, 0.717) is 0 Å². The van der Waals surface area contributed by atoms with Crippen LogP contribution in [0.15, 0.2) is 0 Å². The molecule has 66 valence electrons. The number of hydrogen-bond acceptors (Lipinski definition) is 5. The standard InChI is InChI=1S/C4H6O4.C2H6O.Mg/c5-3(6)1-2-4(7)8;1-2-3;/h1-2H2,(H,5,6)(H,7,8);3H,2H2,1H3;/q;;+2/p-2. The third kappa shape index (κ3) is 33.3. The van der Waals surface area contributed by atoms with Crippen molar-refractivity contribution < 1.29 is 24.9 Å². The fourth-order valence-electron chi connectivity index (χ4n) is 0.204. The summed E-state index contributed by atoms with van der Waals surface area (Å²) in [6, 6.07) is 0. The minimum Gasteiger partial charge on any atom is -0.550 e. The summed E-state index contributed by atoms with van der Waals surface area (Å²) in [5.41, 5.74) is 0. The number of carbonyl (C=O) groups is 2. The summed E-state index contributed by atoms with van der Waals surface area (Å²) in [5, 5.41) is 26.6. The zero-order chi connectivity index (χ0) is 9.28. The van der Waals surface area contributed by atoms with E-state index in [2.05, 4.69) is 0 Å². The van der Waals surface area contributed by atoms with Crippen LogP contribution in [0.2, 0.25) is 0 Å². The van der Waals surface area contributed by atoms with Gasteiger partial charge >= 0.3 is 23.1 Å². The van der Waals surface area contributed by atoms with E-state index in [1.807, 2.05) is 0 Å². The molecule has 0 atom stereocenters. The first-order valence-corrected chi connectivity index (χ1v) is 3.05. The van der Waals surface area contributed by atoms with Gasteiger partial charge in [-0.2, -0.15) is 0 Å². The summed E-state index contributed by atoms with van der Waals surface area (Å²) in [5.74, 6) is -2.73. The molecule has 0 spiro atoms. The molecule has 0 bridgehead atoms. The minimum atomic E-state index is -1.37. The monoisotopic (exact) mass is 186 g/mol. The maximum Gasteiger partial charge on any atom is 2.00 e. The SMILES string of the molecule is CCO.O=C([O-])CCC(=O)[O-].[Mg+2]. The van der Waals surface area contributed by atoms with Gasteiger partial charge in [-0.1, -0.05) is 0 Å². The van der Waals surface area contributed by atoms with E-state index in [-0.39, 0.29) is 29.7 Å². The molecule has 0 aliphatic heterocycles. The van der Waals surface area contributed by atoms with Gasteiger partial charge in [-0.3, -0.25) is 0 Å². The second-order valence-corrected chi connectivity index (χ2v) is 1.56. The molecule has 0 aromatic heterocycles. The van der Waals surface area contributed by atoms with E-state index in [1.165, 1.54) is 0 Å². The Bertz CT molecular complexity index is 111. The number of carboxylic acid groups (broad SMARTS) is 2. The molecule has 0 rings (SSSR count). The zero-order valence-electron chi connectivity index (χ0n) is 6.91. The van der Waals surface area contributed by atoms with Gasteiger partial charge in [-0.15, -0.1) is 0 Å². The van der Waals surface area contributed by atoms with Crippen molar-refractivity contribution in [3.63, 3.8) is 0 Å². The van der Waals surface area contributed by atoms with E-state index in [9.17, 15) is 19.8 Å². The first-order chi connectivity index (χ1) is 5.04. The Morgan fingerprint density at radius 3 is 1.42 bits per heavy atom. The summed E-state index contributed by atoms with van der Waals surface area (Å²) in [6.45, 7) is 1.93. The Morgan fingerprint density at radius 2 is 1.33 bits per heavy atom. The molecule has 0 aliphatic carbocycles. The fourth-order valence-corrected chi connectivity index (χ4v) is 0.204. The Kier molecular flexibility index (Phi) is 19.5. The second-order valence-electron chi connectivity index (χ2n) is 1.56. The van der Waals surface area contributed by atoms with Crippen molar-refractivity contribution in [2.24, 2.45) is 0 Å². The smallest absolute Gasteiger partial charge is 0.550 e. The van der Waals surface area contributed by atoms with Gasteiger partial charge in [0.1, 0.15) is 0 Å². The van der Waals surface area contributed by atoms with Crippen molar-refractivity contribution in [2.45, 2.75) is 19.8 Å². The third-order valence-corrected chi connectivity index (χ3v) is 0.533. The maximum atomic E-state index is 9.50. The van der Waals surface area contributed by atoms with Crippen LogP contribution in [0.3, 0.4) is 0 Å². The van der Waals surface area contributed by atoms with Crippen molar-refractivity contribution >= 4 is 35.0 Å². The van der Waals surface area contributed by atoms with Crippen molar-refractivity contribution in [2.75, 3.05) is 6.61 Å². The number of aliphatic carboxylic acids is 2. The number of hydrogen-bond donors (Lipinski definition) is 1. The molecule has 0 aliphatic rings. The van der Waals surface area contributed by atoms with Crippen LogP contribution in [0.1, 0.15) is 19.8 Å². The fraction of sp³-hybridized carbons (Fsp3) is 0.667. The quantitative estimate of drug-likeness (QED) is 0.470. The average Bonchev–Trinajstić information content (AvgIpc) is 1.85. The van der Waals surface area contributed by atoms with Crippen LogP contribution in [0.4, 0.5) is 0 Å². The molecule has 0 unspecified atom stereocenters. The van der Waals surface area contributed by atoms with Crippen molar-refractivity contribution in [1.29, 1.82) is 0 Å². The predicted molar refractivity (Wildman–Crippen MR) is 37.8 cm³/mol. The molecule has 0 heterocycles. The van der Waals surface area contributed by atoms with E-state index in [0.717, 1.165) is 0 Å². The molecule has 1 N–H and O–H groups in total. The number of carbonyl (C=O) groups excluding carboxylic acids is 2. The third-order valence-electron chi connectivity index (χ3n) is 0.533. The first kappa shape index (κ1) is 17.7. The summed E-state index contributed by atoms with van der Waals surface area (Å²) in [6.07, 6.45) is -0.940. The molecular formula is C6H10MgO5. The van der Waals surface area contributed by atoms with Gasteiger partial charge in [0.05, 0.1) is 0 Å². The molecule has 0 radical (unpaired) electrons. The molecular weight excluding hydrogens is 176 g/mol. The van der Waals surface area contributed by atoms with Gasteiger partial charge in [0.2, 0.25) is 0 Å². The molecule has 6 heteroatoms. The second kappa shape index (κ2) is 13.3. The molecule has 0 saturated heterocycles. The van der Waals surface area contributed by atoms with Crippen LogP contribution in [0, 0.1) is 0 Å². The van der Waals surface area contributed by atoms with Gasteiger partial charge in [-0.05, 0) is 19.8 Å². The van der Waals surface area contributed by atoms with Gasteiger partial charge in [0.25, 0.3) is 0 Å². The van der Waals surface area contributed by atoms with Gasteiger partial charge < -0.3 is 24.9 Å². The normalized spacial score (nSPS) is 7.17. The summed E-state index contributed by atoms with van der Waals surface area (Å²) in [4.78, 5) is 19.0. The zero-order valence-corrected chi connectivity index (χ0v) is 8.32. The van der Waals surface area contributed by atoms with Gasteiger partial charge in [0.15, 0.2) is 0 Å². The molecule has 12 heavy (non-hydrogen) atoms. The Balaban J connectivity index is -0.000000177. The predicted octanol–water partition coefficient (Wildman–Crippen LogP) is -3.12. The average molecular weight is 186 g/mol. The Hall–Kier alpha value is -0.334. The largest absolute Gasteiger partial charge is 2.00 e. The number of aliphatic hydroxyl groups is 1. The molecule has 0 fully saturated rings. The van der Waals surface area contributed by atoms with E-state index in [1.54, 1.807) is 6.92 Å². The molecule has 0 saturated carbocycles.